The molecular weight excluding hydrogens is 274 g/mol. The maximum Gasteiger partial charge on any atom is 0.237 e. The molecule has 1 atom stereocenters. The summed E-state index contributed by atoms with van der Waals surface area (Å²) in [6, 6.07) is -0.418. The lowest BCUT2D eigenvalue weighted by Gasteiger charge is -2.26. The normalized spacial score (nSPS) is 17.9. The minimum atomic E-state index is -0.418. The van der Waals surface area contributed by atoms with Crippen LogP contribution < -0.4 is 11.1 Å². The van der Waals surface area contributed by atoms with E-state index in [1.807, 2.05) is 6.92 Å². The van der Waals surface area contributed by atoms with E-state index in [9.17, 15) is 4.79 Å². The molecule has 112 valence electrons. The first kappa shape index (κ1) is 15.4. The molecule has 1 aliphatic heterocycles. The summed E-state index contributed by atoms with van der Waals surface area (Å²) < 4.78 is 5.29. The molecule has 1 aromatic heterocycles. The van der Waals surface area contributed by atoms with Gasteiger partial charge in [0.05, 0.1) is 16.7 Å². The van der Waals surface area contributed by atoms with E-state index in [2.05, 4.69) is 17.2 Å². The van der Waals surface area contributed by atoms with Crippen molar-refractivity contribution in [2.75, 3.05) is 19.8 Å². The highest BCUT2D eigenvalue weighted by atomic mass is 32.1. The van der Waals surface area contributed by atoms with E-state index in [1.165, 1.54) is 4.88 Å². The Hall–Kier alpha value is -0.980. The van der Waals surface area contributed by atoms with Crippen molar-refractivity contribution in [3.63, 3.8) is 0 Å². The molecule has 0 saturated carbocycles. The zero-order chi connectivity index (χ0) is 14.5. The Morgan fingerprint density at radius 1 is 1.50 bits per heavy atom. The van der Waals surface area contributed by atoms with E-state index in [1.54, 1.807) is 11.3 Å². The molecule has 6 heteroatoms. The highest BCUT2D eigenvalue weighted by Crippen LogP contribution is 2.18. The summed E-state index contributed by atoms with van der Waals surface area (Å²) in [7, 11) is 0. The van der Waals surface area contributed by atoms with Gasteiger partial charge < -0.3 is 15.8 Å². The zero-order valence-electron chi connectivity index (χ0n) is 12.1. The predicted octanol–water partition coefficient (Wildman–Crippen LogP) is 1.17. The fourth-order valence-corrected chi connectivity index (χ4v) is 3.28. The number of nitrogens with two attached hydrogens (primary N) is 1. The number of aromatic nitrogens is 1. The van der Waals surface area contributed by atoms with E-state index in [0.29, 0.717) is 19.8 Å². The second-order valence-corrected chi connectivity index (χ2v) is 6.55. The van der Waals surface area contributed by atoms with E-state index < -0.39 is 6.04 Å². The quantitative estimate of drug-likeness (QED) is 0.855. The van der Waals surface area contributed by atoms with Gasteiger partial charge in [-0.3, -0.25) is 4.79 Å². The fourth-order valence-electron chi connectivity index (χ4n) is 2.35. The highest BCUT2D eigenvalue weighted by Gasteiger charge is 2.26. The first-order valence-electron chi connectivity index (χ1n) is 7.12. The van der Waals surface area contributed by atoms with Gasteiger partial charge in [-0.25, -0.2) is 4.98 Å². The van der Waals surface area contributed by atoms with Crippen molar-refractivity contribution < 1.29 is 9.53 Å². The standard InChI is InChI=1S/C14H23N3O2S/c1-9-10(2)20-12(17-9)3-6-16-14(18)13(15)11-4-7-19-8-5-11/h11,13H,3-8,15H2,1-2H3,(H,16,18). The van der Waals surface area contributed by atoms with Gasteiger partial charge in [-0.2, -0.15) is 0 Å². The lowest BCUT2D eigenvalue weighted by molar-refractivity contribution is -0.124. The van der Waals surface area contributed by atoms with Crippen molar-refractivity contribution >= 4 is 17.2 Å². The van der Waals surface area contributed by atoms with Gasteiger partial charge in [0.1, 0.15) is 0 Å². The summed E-state index contributed by atoms with van der Waals surface area (Å²) in [5.41, 5.74) is 7.10. The van der Waals surface area contributed by atoms with Crippen LogP contribution in [0.25, 0.3) is 0 Å². The van der Waals surface area contributed by atoms with Crippen LogP contribution >= 0.6 is 11.3 Å². The fraction of sp³-hybridized carbons (Fsp3) is 0.714. The van der Waals surface area contributed by atoms with Crippen molar-refractivity contribution in [3.8, 4) is 0 Å². The largest absolute Gasteiger partial charge is 0.381 e. The minimum Gasteiger partial charge on any atom is -0.381 e. The number of thiazole rings is 1. The Bertz CT molecular complexity index is 436. The number of nitrogens with one attached hydrogen (secondary N) is 1. The van der Waals surface area contributed by atoms with Crippen LogP contribution in [0.2, 0.25) is 0 Å². The van der Waals surface area contributed by atoms with Crippen LogP contribution in [0, 0.1) is 19.8 Å². The summed E-state index contributed by atoms with van der Waals surface area (Å²) in [5, 5.41) is 3.99. The monoisotopic (exact) mass is 297 g/mol. The van der Waals surface area contributed by atoms with Gasteiger partial charge in [0.25, 0.3) is 0 Å². The molecule has 5 nitrogen and oxygen atoms in total. The van der Waals surface area contributed by atoms with E-state index in [4.69, 9.17) is 10.5 Å². The Balaban J connectivity index is 1.74. The molecule has 0 radical (unpaired) electrons. The molecule has 2 rings (SSSR count). The van der Waals surface area contributed by atoms with Crippen molar-refractivity contribution in [1.82, 2.24) is 10.3 Å². The number of ether oxygens (including phenoxy) is 1. The molecule has 1 amide bonds. The molecule has 1 aliphatic rings. The van der Waals surface area contributed by atoms with Gasteiger partial charge in [-0.05, 0) is 32.6 Å². The molecular formula is C14H23N3O2S. The summed E-state index contributed by atoms with van der Waals surface area (Å²) in [6.45, 7) is 6.10. The molecule has 1 unspecified atom stereocenters. The summed E-state index contributed by atoms with van der Waals surface area (Å²) in [5.74, 6) is 0.190. The molecule has 20 heavy (non-hydrogen) atoms. The summed E-state index contributed by atoms with van der Waals surface area (Å²) in [6.07, 6.45) is 2.52. The maximum absolute atomic E-state index is 12.0. The van der Waals surface area contributed by atoms with E-state index >= 15 is 0 Å². The van der Waals surface area contributed by atoms with Crippen molar-refractivity contribution in [1.29, 1.82) is 0 Å². The van der Waals surface area contributed by atoms with E-state index in [-0.39, 0.29) is 11.8 Å². The van der Waals surface area contributed by atoms with Gasteiger partial charge in [0.2, 0.25) is 5.91 Å². The van der Waals surface area contributed by atoms with Crippen LogP contribution in [0.4, 0.5) is 0 Å². The highest BCUT2D eigenvalue weighted by molar-refractivity contribution is 7.11. The molecule has 0 aliphatic carbocycles. The van der Waals surface area contributed by atoms with Crippen molar-refractivity contribution in [2.24, 2.45) is 11.7 Å². The predicted molar refractivity (Wildman–Crippen MR) is 79.8 cm³/mol. The number of nitrogens with zero attached hydrogens (tertiary/aromatic N) is 1. The molecule has 1 saturated heterocycles. The van der Waals surface area contributed by atoms with Crippen molar-refractivity contribution in [3.05, 3.63) is 15.6 Å². The van der Waals surface area contributed by atoms with Gasteiger partial charge in [0, 0.05) is 31.1 Å². The number of hydrogen-bond acceptors (Lipinski definition) is 5. The summed E-state index contributed by atoms with van der Waals surface area (Å²) >= 11 is 1.69. The Kier molecular flexibility index (Phi) is 5.51. The molecule has 1 fully saturated rings. The summed E-state index contributed by atoms with van der Waals surface area (Å²) in [4.78, 5) is 17.7. The van der Waals surface area contributed by atoms with Crippen LogP contribution in [0.1, 0.15) is 28.4 Å². The van der Waals surface area contributed by atoms with Crippen LogP contribution in [-0.2, 0) is 16.0 Å². The third-order valence-electron chi connectivity index (χ3n) is 3.79. The van der Waals surface area contributed by atoms with Crippen LogP contribution in [0.15, 0.2) is 0 Å². The van der Waals surface area contributed by atoms with Gasteiger partial charge in [0.15, 0.2) is 0 Å². The lowest BCUT2D eigenvalue weighted by atomic mass is 9.92. The number of rotatable bonds is 5. The SMILES string of the molecule is Cc1nc(CCNC(=O)C(N)C2CCOCC2)sc1C. The van der Waals surface area contributed by atoms with Gasteiger partial charge in [-0.15, -0.1) is 11.3 Å². The second kappa shape index (κ2) is 7.15. The average molecular weight is 297 g/mol. The zero-order valence-corrected chi connectivity index (χ0v) is 13.0. The average Bonchev–Trinajstić information content (AvgIpc) is 2.77. The smallest absolute Gasteiger partial charge is 0.237 e. The van der Waals surface area contributed by atoms with Crippen LogP contribution in [0.5, 0.6) is 0 Å². The van der Waals surface area contributed by atoms with Gasteiger partial charge >= 0.3 is 0 Å². The van der Waals surface area contributed by atoms with Crippen LogP contribution in [-0.4, -0.2) is 36.7 Å². The molecule has 0 spiro atoms. The number of amides is 1. The molecule has 0 aromatic carbocycles. The molecule has 1 aromatic rings. The number of carbonyl (C=O) groups is 1. The van der Waals surface area contributed by atoms with Gasteiger partial charge in [-0.1, -0.05) is 0 Å². The molecule has 0 bridgehead atoms. The first-order chi connectivity index (χ1) is 9.58. The second-order valence-electron chi connectivity index (χ2n) is 5.27. The topological polar surface area (TPSA) is 77.2 Å². The Morgan fingerprint density at radius 2 is 2.20 bits per heavy atom. The third-order valence-corrected chi connectivity index (χ3v) is 4.92. The third kappa shape index (κ3) is 4.01. The molecule has 2 heterocycles. The number of hydrogen-bond donors (Lipinski definition) is 2. The van der Waals surface area contributed by atoms with Crippen LogP contribution in [0.3, 0.4) is 0 Å². The minimum absolute atomic E-state index is 0.0538. The van der Waals surface area contributed by atoms with E-state index in [0.717, 1.165) is 30.0 Å². The van der Waals surface area contributed by atoms with Crippen molar-refractivity contribution in [2.45, 2.75) is 39.2 Å². The lowest BCUT2D eigenvalue weighted by Crippen LogP contribution is -2.47. The maximum atomic E-state index is 12.0. The Labute approximate surface area is 123 Å². The Morgan fingerprint density at radius 3 is 2.80 bits per heavy atom. The first-order valence-corrected chi connectivity index (χ1v) is 7.93. The number of aryl methyl sites for hydroxylation is 2. The number of carbonyl (C=O) groups excluding carboxylic acids is 1. The molecule has 3 N–H and O–H groups in total.